The predicted octanol–water partition coefficient (Wildman–Crippen LogP) is 1.46. The number of benzene rings is 2. The summed E-state index contributed by atoms with van der Waals surface area (Å²) in [5.41, 5.74) is 5.21. The number of carbonyl (C=O) groups is 2. The number of nitrogens with one attached hydrogen (secondary N) is 1. The zero-order valence-corrected chi connectivity index (χ0v) is 20.9. The van der Waals surface area contributed by atoms with E-state index >= 15 is 0 Å². The smallest absolute Gasteiger partial charge is 0.260 e. The van der Waals surface area contributed by atoms with Crippen molar-refractivity contribution in [2.24, 2.45) is 5.10 Å². The summed E-state index contributed by atoms with van der Waals surface area (Å²) in [4.78, 5) is 26.3. The molecule has 1 fully saturated rings. The van der Waals surface area contributed by atoms with Crippen molar-refractivity contribution in [1.82, 2.24) is 10.3 Å². The van der Waals surface area contributed by atoms with Crippen molar-refractivity contribution in [2.45, 2.75) is 13.8 Å². The Labute approximate surface area is 205 Å². The molecule has 1 N–H and O–H groups in total. The van der Waals surface area contributed by atoms with Gasteiger partial charge in [0.2, 0.25) is 10.0 Å². The molecule has 3 rings (SSSR count). The van der Waals surface area contributed by atoms with Crippen molar-refractivity contribution in [3.8, 4) is 5.75 Å². The molecule has 11 heteroatoms. The van der Waals surface area contributed by atoms with Crippen LogP contribution in [-0.2, 0) is 24.3 Å². The standard InChI is InChI=1S/C24H30N4O6S/c1-18-5-4-6-22(19(18)2)28(35(3,31)32)16-23(29)26-25-15-20-7-9-21(10-8-20)34-17-24(30)27-11-13-33-14-12-27/h4-10,15H,11-14,16-17H2,1-3H3,(H,26,29)/b25-15+. The Kier molecular flexibility index (Phi) is 8.83. The fraction of sp³-hybridized carbons (Fsp3) is 0.375. The van der Waals surface area contributed by atoms with Crippen molar-refractivity contribution in [3.63, 3.8) is 0 Å². The van der Waals surface area contributed by atoms with Gasteiger partial charge in [-0.25, -0.2) is 13.8 Å². The lowest BCUT2D eigenvalue weighted by molar-refractivity contribution is -0.137. The van der Waals surface area contributed by atoms with Gasteiger partial charge in [0.1, 0.15) is 12.3 Å². The predicted molar refractivity (Wildman–Crippen MR) is 133 cm³/mol. The maximum absolute atomic E-state index is 12.4. The monoisotopic (exact) mass is 502 g/mol. The number of morpholine rings is 1. The van der Waals surface area contributed by atoms with Crippen molar-refractivity contribution >= 4 is 33.7 Å². The Morgan fingerprint density at radius 3 is 2.49 bits per heavy atom. The molecule has 2 aromatic rings. The molecule has 2 aromatic carbocycles. The van der Waals surface area contributed by atoms with Crippen LogP contribution < -0.4 is 14.5 Å². The van der Waals surface area contributed by atoms with Gasteiger partial charge in [0.05, 0.1) is 31.4 Å². The molecular formula is C24H30N4O6S. The Hall–Kier alpha value is -3.44. The number of hydrazone groups is 1. The first-order valence-corrected chi connectivity index (χ1v) is 12.9. The number of hydrogen-bond acceptors (Lipinski definition) is 7. The second-order valence-corrected chi connectivity index (χ2v) is 10.0. The fourth-order valence-electron chi connectivity index (χ4n) is 3.43. The van der Waals surface area contributed by atoms with E-state index in [4.69, 9.17) is 9.47 Å². The van der Waals surface area contributed by atoms with E-state index in [0.717, 1.165) is 21.7 Å². The Balaban J connectivity index is 1.53. The van der Waals surface area contributed by atoms with Crippen LogP contribution in [0.1, 0.15) is 16.7 Å². The summed E-state index contributed by atoms with van der Waals surface area (Å²) in [6, 6.07) is 12.1. The van der Waals surface area contributed by atoms with E-state index < -0.39 is 22.5 Å². The first-order chi connectivity index (χ1) is 16.6. The van der Waals surface area contributed by atoms with Gasteiger partial charge in [0, 0.05) is 13.1 Å². The molecule has 0 bridgehead atoms. The third kappa shape index (κ3) is 7.52. The van der Waals surface area contributed by atoms with Crippen LogP contribution in [-0.4, -0.2) is 77.1 Å². The molecule has 0 atom stereocenters. The van der Waals surface area contributed by atoms with Crippen molar-refractivity contribution < 1.29 is 27.5 Å². The van der Waals surface area contributed by atoms with Crippen LogP contribution >= 0.6 is 0 Å². The third-order valence-electron chi connectivity index (χ3n) is 5.54. The number of aryl methyl sites for hydroxylation is 1. The summed E-state index contributed by atoms with van der Waals surface area (Å²) >= 11 is 0. The highest BCUT2D eigenvalue weighted by Crippen LogP contribution is 2.24. The number of rotatable bonds is 9. The maximum Gasteiger partial charge on any atom is 0.260 e. The molecule has 1 aliphatic rings. The van der Waals surface area contributed by atoms with Gasteiger partial charge in [0.25, 0.3) is 11.8 Å². The van der Waals surface area contributed by atoms with Gasteiger partial charge in [-0.15, -0.1) is 0 Å². The van der Waals surface area contributed by atoms with Crippen LogP contribution in [0.15, 0.2) is 47.6 Å². The molecule has 0 aliphatic carbocycles. The number of hydrogen-bond donors (Lipinski definition) is 1. The zero-order valence-electron chi connectivity index (χ0n) is 20.1. The number of amides is 2. The number of carbonyl (C=O) groups excluding carboxylic acids is 2. The minimum Gasteiger partial charge on any atom is -0.484 e. The summed E-state index contributed by atoms with van der Waals surface area (Å²) in [6.07, 6.45) is 2.49. The molecule has 0 radical (unpaired) electrons. The van der Waals surface area contributed by atoms with Gasteiger partial charge in [-0.1, -0.05) is 12.1 Å². The summed E-state index contributed by atoms with van der Waals surface area (Å²) in [6.45, 7) is 5.44. The number of sulfonamides is 1. The number of nitrogens with zero attached hydrogens (tertiary/aromatic N) is 3. The van der Waals surface area contributed by atoms with Gasteiger partial charge in [-0.05, 0) is 60.9 Å². The lowest BCUT2D eigenvalue weighted by Gasteiger charge is -2.26. The SMILES string of the molecule is Cc1cccc(N(CC(=O)N/N=C/c2ccc(OCC(=O)N3CCOCC3)cc2)S(C)(=O)=O)c1C. The van der Waals surface area contributed by atoms with E-state index in [9.17, 15) is 18.0 Å². The van der Waals surface area contributed by atoms with Gasteiger partial charge < -0.3 is 14.4 Å². The average Bonchev–Trinajstić information content (AvgIpc) is 2.83. The molecule has 188 valence electrons. The van der Waals surface area contributed by atoms with Crippen molar-refractivity contribution in [1.29, 1.82) is 0 Å². The summed E-state index contributed by atoms with van der Waals surface area (Å²) in [5, 5.41) is 3.92. The topological polar surface area (TPSA) is 118 Å². The molecule has 2 amide bonds. The van der Waals surface area contributed by atoms with E-state index in [-0.39, 0.29) is 12.5 Å². The lowest BCUT2D eigenvalue weighted by atomic mass is 10.1. The minimum atomic E-state index is -3.68. The molecule has 10 nitrogen and oxygen atoms in total. The molecule has 1 heterocycles. The van der Waals surface area contributed by atoms with Crippen LogP contribution in [0, 0.1) is 13.8 Å². The van der Waals surface area contributed by atoms with Gasteiger partial charge in [0.15, 0.2) is 6.61 Å². The molecule has 0 unspecified atom stereocenters. The quantitative estimate of drug-likeness (QED) is 0.410. The maximum atomic E-state index is 12.4. The Bertz CT molecular complexity index is 1180. The van der Waals surface area contributed by atoms with Gasteiger partial charge in [-0.3, -0.25) is 13.9 Å². The van der Waals surface area contributed by atoms with E-state index in [1.54, 1.807) is 41.3 Å². The first kappa shape index (κ1) is 26.2. The summed E-state index contributed by atoms with van der Waals surface area (Å²) < 4.78 is 36.5. The van der Waals surface area contributed by atoms with Crippen LogP contribution in [0.2, 0.25) is 0 Å². The lowest BCUT2D eigenvalue weighted by Crippen LogP contribution is -2.42. The molecular weight excluding hydrogens is 472 g/mol. The molecule has 0 saturated carbocycles. The summed E-state index contributed by atoms with van der Waals surface area (Å²) in [5.74, 6) is -0.134. The molecule has 0 aromatic heterocycles. The van der Waals surface area contributed by atoms with E-state index in [2.05, 4.69) is 10.5 Å². The van der Waals surface area contributed by atoms with Crippen molar-refractivity contribution in [2.75, 3.05) is 50.0 Å². The first-order valence-electron chi connectivity index (χ1n) is 11.1. The Morgan fingerprint density at radius 2 is 1.83 bits per heavy atom. The summed E-state index contributed by atoms with van der Waals surface area (Å²) in [7, 11) is -3.68. The van der Waals surface area contributed by atoms with E-state index in [1.165, 1.54) is 6.21 Å². The second kappa shape index (κ2) is 11.8. The van der Waals surface area contributed by atoms with Crippen LogP contribution in [0.25, 0.3) is 0 Å². The highest BCUT2D eigenvalue weighted by atomic mass is 32.2. The van der Waals surface area contributed by atoms with Gasteiger partial charge >= 0.3 is 0 Å². The van der Waals surface area contributed by atoms with E-state index in [0.29, 0.717) is 43.3 Å². The third-order valence-corrected chi connectivity index (χ3v) is 6.67. The second-order valence-electron chi connectivity index (χ2n) is 8.13. The van der Waals surface area contributed by atoms with Gasteiger partial charge in [-0.2, -0.15) is 5.10 Å². The largest absolute Gasteiger partial charge is 0.484 e. The highest BCUT2D eigenvalue weighted by Gasteiger charge is 2.22. The normalized spacial score (nSPS) is 14.1. The Morgan fingerprint density at radius 1 is 1.14 bits per heavy atom. The van der Waals surface area contributed by atoms with Crippen LogP contribution in [0.4, 0.5) is 5.69 Å². The van der Waals surface area contributed by atoms with Crippen LogP contribution in [0.3, 0.4) is 0 Å². The van der Waals surface area contributed by atoms with Crippen molar-refractivity contribution in [3.05, 3.63) is 59.2 Å². The minimum absolute atomic E-state index is 0.0548. The molecule has 1 saturated heterocycles. The molecule has 1 aliphatic heterocycles. The number of anilines is 1. The highest BCUT2D eigenvalue weighted by molar-refractivity contribution is 7.92. The average molecular weight is 503 g/mol. The zero-order chi connectivity index (χ0) is 25.4. The molecule has 0 spiro atoms. The fourth-order valence-corrected chi connectivity index (χ4v) is 4.34. The van der Waals surface area contributed by atoms with E-state index in [1.807, 2.05) is 19.9 Å². The number of ether oxygens (including phenoxy) is 2. The molecule has 35 heavy (non-hydrogen) atoms. The van der Waals surface area contributed by atoms with Crippen LogP contribution in [0.5, 0.6) is 5.75 Å².